The Kier molecular flexibility index (Phi) is 6.92. The molecule has 1 aromatic heterocycles. The first-order valence-electron chi connectivity index (χ1n) is 8.52. The van der Waals surface area contributed by atoms with E-state index in [1.807, 2.05) is 6.92 Å². The quantitative estimate of drug-likeness (QED) is 0.718. The predicted molar refractivity (Wildman–Crippen MR) is 89.1 cm³/mol. The van der Waals surface area contributed by atoms with Crippen molar-refractivity contribution in [2.24, 2.45) is 5.92 Å². The number of hydrogen-bond donors (Lipinski definition) is 3. The summed E-state index contributed by atoms with van der Waals surface area (Å²) in [6.07, 6.45) is 3.74. The molecule has 1 aromatic rings. The van der Waals surface area contributed by atoms with Crippen LogP contribution in [-0.4, -0.2) is 48.3 Å². The molecule has 0 saturated carbocycles. The molecule has 130 valence electrons. The SMILES string of the molecule is CC1CCN(CCNC(=O)NC(C)CC(O)c2ccco2)CC1. The van der Waals surface area contributed by atoms with E-state index < -0.39 is 6.10 Å². The Morgan fingerprint density at radius 1 is 1.48 bits per heavy atom. The molecule has 2 rings (SSSR count). The molecule has 0 aliphatic carbocycles. The van der Waals surface area contributed by atoms with Crippen molar-refractivity contribution < 1.29 is 14.3 Å². The summed E-state index contributed by atoms with van der Waals surface area (Å²) in [7, 11) is 0. The van der Waals surface area contributed by atoms with E-state index in [1.54, 1.807) is 12.1 Å². The minimum Gasteiger partial charge on any atom is -0.467 e. The van der Waals surface area contributed by atoms with E-state index in [2.05, 4.69) is 22.5 Å². The molecular weight excluding hydrogens is 294 g/mol. The van der Waals surface area contributed by atoms with Crippen molar-refractivity contribution in [3.63, 3.8) is 0 Å². The van der Waals surface area contributed by atoms with Gasteiger partial charge in [0.2, 0.25) is 0 Å². The molecule has 6 heteroatoms. The van der Waals surface area contributed by atoms with Gasteiger partial charge >= 0.3 is 6.03 Å². The van der Waals surface area contributed by atoms with Gasteiger partial charge in [-0.15, -0.1) is 0 Å². The van der Waals surface area contributed by atoms with Crippen molar-refractivity contribution in [3.8, 4) is 0 Å². The molecule has 1 fully saturated rings. The molecular formula is C17H29N3O3. The fourth-order valence-corrected chi connectivity index (χ4v) is 2.88. The lowest BCUT2D eigenvalue weighted by Crippen LogP contribution is -2.45. The van der Waals surface area contributed by atoms with Crippen LogP contribution in [0.15, 0.2) is 22.8 Å². The second-order valence-corrected chi connectivity index (χ2v) is 6.59. The molecule has 0 bridgehead atoms. The summed E-state index contributed by atoms with van der Waals surface area (Å²) in [6.45, 7) is 7.95. The number of aliphatic hydroxyl groups excluding tert-OH is 1. The number of urea groups is 1. The first-order valence-corrected chi connectivity index (χ1v) is 8.52. The summed E-state index contributed by atoms with van der Waals surface area (Å²) in [5.41, 5.74) is 0. The summed E-state index contributed by atoms with van der Waals surface area (Å²) < 4.78 is 5.16. The normalized spacial score (nSPS) is 19.3. The van der Waals surface area contributed by atoms with Gasteiger partial charge in [0.05, 0.1) is 6.26 Å². The zero-order valence-electron chi connectivity index (χ0n) is 14.1. The van der Waals surface area contributed by atoms with E-state index in [1.165, 1.54) is 19.1 Å². The standard InChI is InChI=1S/C17H29N3O3/c1-13-5-8-20(9-6-13)10-7-18-17(22)19-14(2)12-15(21)16-4-3-11-23-16/h3-4,11,13-15,21H,5-10,12H2,1-2H3,(H2,18,19,22). The van der Waals surface area contributed by atoms with Crippen LogP contribution >= 0.6 is 0 Å². The smallest absolute Gasteiger partial charge is 0.315 e. The maximum Gasteiger partial charge on any atom is 0.315 e. The molecule has 1 aliphatic rings. The zero-order chi connectivity index (χ0) is 16.7. The van der Waals surface area contributed by atoms with Gasteiger partial charge in [0.15, 0.2) is 0 Å². The number of furan rings is 1. The third-order valence-electron chi connectivity index (χ3n) is 4.42. The third-order valence-corrected chi connectivity index (χ3v) is 4.42. The van der Waals surface area contributed by atoms with Gasteiger partial charge in [0.1, 0.15) is 11.9 Å². The summed E-state index contributed by atoms with van der Waals surface area (Å²) in [4.78, 5) is 14.3. The van der Waals surface area contributed by atoms with Crippen molar-refractivity contribution in [3.05, 3.63) is 24.2 Å². The van der Waals surface area contributed by atoms with E-state index in [0.29, 0.717) is 18.7 Å². The topological polar surface area (TPSA) is 77.7 Å². The second kappa shape index (κ2) is 8.93. The number of aliphatic hydroxyl groups is 1. The number of nitrogens with one attached hydrogen (secondary N) is 2. The highest BCUT2D eigenvalue weighted by Crippen LogP contribution is 2.18. The lowest BCUT2D eigenvalue weighted by molar-refractivity contribution is 0.129. The predicted octanol–water partition coefficient (Wildman–Crippen LogP) is 2.12. The van der Waals surface area contributed by atoms with Gasteiger partial charge in [0.25, 0.3) is 0 Å². The highest BCUT2D eigenvalue weighted by molar-refractivity contribution is 5.74. The van der Waals surface area contributed by atoms with Gasteiger partial charge in [-0.3, -0.25) is 0 Å². The molecule has 0 spiro atoms. The van der Waals surface area contributed by atoms with Crippen molar-refractivity contribution in [1.29, 1.82) is 0 Å². The van der Waals surface area contributed by atoms with Crippen LogP contribution in [0.1, 0.15) is 45.0 Å². The molecule has 0 aromatic carbocycles. The van der Waals surface area contributed by atoms with Crippen LogP contribution in [0.25, 0.3) is 0 Å². The molecule has 1 aliphatic heterocycles. The minimum atomic E-state index is -0.698. The monoisotopic (exact) mass is 323 g/mol. The molecule has 6 nitrogen and oxygen atoms in total. The Labute approximate surface area is 138 Å². The fraction of sp³-hybridized carbons (Fsp3) is 0.706. The molecule has 2 amide bonds. The van der Waals surface area contributed by atoms with Gasteiger partial charge in [-0.25, -0.2) is 4.79 Å². The van der Waals surface area contributed by atoms with Crippen LogP contribution in [0.4, 0.5) is 4.79 Å². The van der Waals surface area contributed by atoms with Gasteiger partial charge in [0, 0.05) is 25.6 Å². The number of piperidine rings is 1. The number of carbonyl (C=O) groups excluding carboxylic acids is 1. The molecule has 1 saturated heterocycles. The maximum atomic E-state index is 11.9. The van der Waals surface area contributed by atoms with Gasteiger partial charge < -0.3 is 25.1 Å². The van der Waals surface area contributed by atoms with Crippen LogP contribution < -0.4 is 10.6 Å². The molecule has 3 N–H and O–H groups in total. The Balaban J connectivity index is 1.58. The van der Waals surface area contributed by atoms with Crippen LogP contribution in [0.3, 0.4) is 0 Å². The highest BCUT2D eigenvalue weighted by atomic mass is 16.4. The van der Waals surface area contributed by atoms with E-state index in [9.17, 15) is 9.90 Å². The summed E-state index contributed by atoms with van der Waals surface area (Å²) in [5, 5.41) is 15.7. The van der Waals surface area contributed by atoms with Gasteiger partial charge in [-0.05, 0) is 50.9 Å². The molecule has 23 heavy (non-hydrogen) atoms. The highest BCUT2D eigenvalue weighted by Gasteiger charge is 2.17. The number of rotatable bonds is 7. The molecule has 2 atom stereocenters. The van der Waals surface area contributed by atoms with Crippen molar-refractivity contribution in [1.82, 2.24) is 15.5 Å². The lowest BCUT2D eigenvalue weighted by Gasteiger charge is -2.30. The number of hydrogen-bond acceptors (Lipinski definition) is 4. The second-order valence-electron chi connectivity index (χ2n) is 6.59. The first kappa shape index (κ1) is 17.8. The van der Waals surface area contributed by atoms with Crippen LogP contribution in [0, 0.1) is 5.92 Å². The van der Waals surface area contributed by atoms with Crippen LogP contribution in [0.5, 0.6) is 0 Å². The van der Waals surface area contributed by atoms with Crippen molar-refractivity contribution in [2.75, 3.05) is 26.2 Å². The number of likely N-dealkylation sites (tertiary alicyclic amines) is 1. The Morgan fingerprint density at radius 3 is 2.87 bits per heavy atom. The lowest BCUT2D eigenvalue weighted by atomic mass is 9.99. The molecule has 2 heterocycles. The van der Waals surface area contributed by atoms with E-state index in [-0.39, 0.29) is 12.1 Å². The number of amides is 2. The third kappa shape index (κ3) is 6.23. The van der Waals surface area contributed by atoms with E-state index in [4.69, 9.17) is 4.42 Å². The Bertz CT molecular complexity index is 456. The average molecular weight is 323 g/mol. The average Bonchev–Trinajstić information content (AvgIpc) is 3.03. The van der Waals surface area contributed by atoms with E-state index >= 15 is 0 Å². The summed E-state index contributed by atoms with van der Waals surface area (Å²) in [5.74, 6) is 1.35. The Morgan fingerprint density at radius 2 is 2.22 bits per heavy atom. The van der Waals surface area contributed by atoms with Crippen LogP contribution in [0.2, 0.25) is 0 Å². The van der Waals surface area contributed by atoms with Gasteiger partial charge in [-0.2, -0.15) is 0 Å². The zero-order valence-corrected chi connectivity index (χ0v) is 14.1. The fourth-order valence-electron chi connectivity index (χ4n) is 2.88. The summed E-state index contributed by atoms with van der Waals surface area (Å²) in [6, 6.07) is 3.15. The summed E-state index contributed by atoms with van der Waals surface area (Å²) >= 11 is 0. The first-order chi connectivity index (χ1) is 11.0. The Hall–Kier alpha value is -1.53. The van der Waals surface area contributed by atoms with Gasteiger partial charge in [-0.1, -0.05) is 6.92 Å². The van der Waals surface area contributed by atoms with Crippen molar-refractivity contribution >= 4 is 6.03 Å². The minimum absolute atomic E-state index is 0.133. The molecule has 2 unspecified atom stereocenters. The van der Waals surface area contributed by atoms with Crippen molar-refractivity contribution in [2.45, 2.75) is 45.3 Å². The number of nitrogens with zero attached hydrogens (tertiary/aromatic N) is 1. The van der Waals surface area contributed by atoms with E-state index in [0.717, 1.165) is 25.6 Å². The maximum absolute atomic E-state index is 11.9. The van der Waals surface area contributed by atoms with Crippen LogP contribution in [-0.2, 0) is 0 Å². The molecule has 0 radical (unpaired) electrons. The largest absolute Gasteiger partial charge is 0.467 e. The number of carbonyl (C=O) groups is 1.